The number of amides is 2. The van der Waals surface area contributed by atoms with Crippen molar-refractivity contribution in [2.75, 3.05) is 11.9 Å². The molecule has 0 radical (unpaired) electrons. The van der Waals surface area contributed by atoms with Crippen molar-refractivity contribution in [3.63, 3.8) is 0 Å². The first-order chi connectivity index (χ1) is 11.6. The Morgan fingerprint density at radius 2 is 2.29 bits per heavy atom. The van der Waals surface area contributed by atoms with Gasteiger partial charge in [-0.1, -0.05) is 29.7 Å². The van der Waals surface area contributed by atoms with Crippen LogP contribution in [0.5, 0.6) is 0 Å². The van der Waals surface area contributed by atoms with Crippen molar-refractivity contribution >= 4 is 23.3 Å². The molecule has 128 valence electrons. The van der Waals surface area contributed by atoms with Gasteiger partial charge in [0.1, 0.15) is 11.5 Å². The maximum absolute atomic E-state index is 12.7. The van der Waals surface area contributed by atoms with E-state index in [1.165, 1.54) is 0 Å². The van der Waals surface area contributed by atoms with E-state index in [0.29, 0.717) is 11.6 Å². The number of halogens is 1. The van der Waals surface area contributed by atoms with Crippen LogP contribution in [0.3, 0.4) is 0 Å². The Bertz CT molecular complexity index is 729. The molecule has 1 aromatic heterocycles. The molecule has 0 spiro atoms. The number of aromatic nitrogens is 1. The van der Waals surface area contributed by atoms with Gasteiger partial charge in [-0.2, -0.15) is 0 Å². The van der Waals surface area contributed by atoms with Gasteiger partial charge in [0.05, 0.1) is 6.04 Å². The third-order valence-electron chi connectivity index (χ3n) is 4.37. The number of nitrogens with one attached hydrogen (secondary N) is 1. The minimum Gasteiger partial charge on any atom is -0.361 e. The molecule has 1 unspecified atom stereocenters. The largest absolute Gasteiger partial charge is 0.361 e. The zero-order chi connectivity index (χ0) is 17.1. The molecule has 1 fully saturated rings. The number of likely N-dealkylation sites (tertiary alicyclic amines) is 1. The Labute approximate surface area is 147 Å². The van der Waals surface area contributed by atoms with E-state index >= 15 is 0 Å². The molecular weight excluding hydrogens is 326 g/mol. The van der Waals surface area contributed by atoms with Gasteiger partial charge in [0.2, 0.25) is 0 Å². The van der Waals surface area contributed by atoms with E-state index in [-0.39, 0.29) is 12.1 Å². The van der Waals surface area contributed by atoms with Crippen molar-refractivity contribution in [1.29, 1.82) is 0 Å². The Hall–Kier alpha value is -2.01. The number of urea groups is 1. The van der Waals surface area contributed by atoms with E-state index in [1.807, 2.05) is 30.0 Å². The first-order valence-electron chi connectivity index (χ1n) is 8.37. The highest BCUT2D eigenvalue weighted by molar-refractivity contribution is 6.31. The highest BCUT2D eigenvalue weighted by atomic mass is 35.5. The van der Waals surface area contributed by atoms with Crippen LogP contribution in [-0.4, -0.2) is 22.6 Å². The van der Waals surface area contributed by atoms with Crippen LogP contribution in [0.4, 0.5) is 10.5 Å². The zero-order valence-electron chi connectivity index (χ0n) is 14.0. The van der Waals surface area contributed by atoms with E-state index in [2.05, 4.69) is 17.4 Å². The summed E-state index contributed by atoms with van der Waals surface area (Å²) >= 11 is 6.03. The molecule has 0 bridgehead atoms. The van der Waals surface area contributed by atoms with Crippen molar-refractivity contribution in [2.24, 2.45) is 0 Å². The second kappa shape index (κ2) is 7.26. The summed E-state index contributed by atoms with van der Waals surface area (Å²) in [5.74, 6) is 0.880. The lowest BCUT2D eigenvalue weighted by Crippen LogP contribution is -2.34. The summed E-state index contributed by atoms with van der Waals surface area (Å²) in [4.78, 5) is 14.5. The van der Waals surface area contributed by atoms with Gasteiger partial charge in [-0.25, -0.2) is 4.79 Å². The predicted molar refractivity (Wildman–Crippen MR) is 94.4 cm³/mol. The van der Waals surface area contributed by atoms with Crippen LogP contribution in [0.1, 0.15) is 49.2 Å². The van der Waals surface area contributed by atoms with Crippen LogP contribution in [-0.2, 0) is 6.42 Å². The topological polar surface area (TPSA) is 58.4 Å². The normalized spacial score (nSPS) is 17.3. The molecule has 5 nitrogen and oxygen atoms in total. The lowest BCUT2D eigenvalue weighted by molar-refractivity contribution is 0.204. The fraction of sp³-hybridized carbons (Fsp3) is 0.444. The minimum atomic E-state index is -0.122. The number of carbonyl (C=O) groups excluding carboxylic acids is 1. The van der Waals surface area contributed by atoms with Crippen molar-refractivity contribution in [3.05, 3.63) is 46.3 Å². The average Bonchev–Trinajstić information content (AvgIpc) is 3.20. The molecule has 1 atom stereocenters. The molecule has 0 aliphatic carbocycles. The summed E-state index contributed by atoms with van der Waals surface area (Å²) in [6, 6.07) is 7.31. The lowest BCUT2D eigenvalue weighted by atomic mass is 10.1. The minimum absolute atomic E-state index is 0.0288. The van der Waals surface area contributed by atoms with Gasteiger partial charge >= 0.3 is 6.03 Å². The maximum Gasteiger partial charge on any atom is 0.322 e. The Morgan fingerprint density at radius 1 is 1.46 bits per heavy atom. The Balaban J connectivity index is 1.74. The van der Waals surface area contributed by atoms with Gasteiger partial charge in [-0.15, -0.1) is 0 Å². The van der Waals surface area contributed by atoms with E-state index < -0.39 is 0 Å². The van der Waals surface area contributed by atoms with Crippen LogP contribution in [0.15, 0.2) is 28.8 Å². The monoisotopic (exact) mass is 347 g/mol. The zero-order valence-corrected chi connectivity index (χ0v) is 14.8. The van der Waals surface area contributed by atoms with Gasteiger partial charge in [0.25, 0.3) is 0 Å². The molecule has 0 saturated carbocycles. The summed E-state index contributed by atoms with van der Waals surface area (Å²) in [5.41, 5.74) is 2.56. The quantitative estimate of drug-likeness (QED) is 0.850. The summed E-state index contributed by atoms with van der Waals surface area (Å²) in [5, 5.41) is 7.75. The number of anilines is 1. The molecule has 1 aromatic carbocycles. The fourth-order valence-electron chi connectivity index (χ4n) is 3.08. The van der Waals surface area contributed by atoms with Crippen LogP contribution in [0.25, 0.3) is 0 Å². The summed E-state index contributed by atoms with van der Waals surface area (Å²) < 4.78 is 5.37. The third kappa shape index (κ3) is 3.56. The number of nitrogens with zero attached hydrogens (tertiary/aromatic N) is 2. The molecule has 2 amide bonds. The van der Waals surface area contributed by atoms with Crippen LogP contribution in [0, 0.1) is 6.92 Å². The summed E-state index contributed by atoms with van der Waals surface area (Å²) in [6.45, 7) is 4.76. The number of hydrogen-bond acceptors (Lipinski definition) is 3. The van der Waals surface area contributed by atoms with E-state index in [0.717, 1.165) is 48.4 Å². The van der Waals surface area contributed by atoms with Crippen molar-refractivity contribution in [2.45, 2.75) is 45.6 Å². The first-order valence-corrected chi connectivity index (χ1v) is 8.75. The highest BCUT2D eigenvalue weighted by Crippen LogP contribution is 2.32. The molecular formula is C18H22ClN3O2. The van der Waals surface area contributed by atoms with Crippen LogP contribution in [0.2, 0.25) is 5.02 Å². The van der Waals surface area contributed by atoms with Crippen molar-refractivity contribution in [1.82, 2.24) is 10.1 Å². The van der Waals surface area contributed by atoms with E-state index in [1.54, 1.807) is 6.07 Å². The second-order valence-corrected chi connectivity index (χ2v) is 6.65. The Kier molecular flexibility index (Phi) is 5.09. The third-order valence-corrected chi connectivity index (χ3v) is 4.60. The molecule has 1 aliphatic heterocycles. The SMILES string of the molecule is CCCc1cc(C2CCCN2C(=O)Nc2cc(Cl)ccc2C)no1. The summed E-state index contributed by atoms with van der Waals surface area (Å²) in [6.07, 6.45) is 3.74. The highest BCUT2D eigenvalue weighted by Gasteiger charge is 2.32. The number of benzene rings is 1. The number of hydrogen-bond donors (Lipinski definition) is 1. The fourth-order valence-corrected chi connectivity index (χ4v) is 3.26. The van der Waals surface area contributed by atoms with E-state index in [9.17, 15) is 4.79 Å². The van der Waals surface area contributed by atoms with Gasteiger partial charge in [-0.05, 0) is 43.9 Å². The molecule has 1 saturated heterocycles. The molecule has 24 heavy (non-hydrogen) atoms. The predicted octanol–water partition coefficient (Wildman–Crippen LogP) is 4.96. The average molecular weight is 348 g/mol. The smallest absolute Gasteiger partial charge is 0.322 e. The van der Waals surface area contributed by atoms with Gasteiger partial charge in [0, 0.05) is 29.7 Å². The van der Waals surface area contributed by atoms with Crippen LogP contribution >= 0.6 is 11.6 Å². The summed E-state index contributed by atoms with van der Waals surface area (Å²) in [7, 11) is 0. The van der Waals surface area contributed by atoms with Gasteiger partial charge in [0.15, 0.2) is 0 Å². The molecule has 2 aromatic rings. The van der Waals surface area contributed by atoms with Crippen LogP contribution < -0.4 is 5.32 Å². The van der Waals surface area contributed by atoms with E-state index in [4.69, 9.17) is 16.1 Å². The standard InChI is InChI=1S/C18H22ClN3O2/c1-3-5-14-11-16(21-24-14)17-6-4-9-22(17)18(23)20-15-10-13(19)8-7-12(15)2/h7-8,10-11,17H,3-6,9H2,1-2H3,(H,20,23). The molecule has 6 heteroatoms. The number of rotatable bonds is 4. The maximum atomic E-state index is 12.7. The number of aryl methyl sites for hydroxylation is 2. The second-order valence-electron chi connectivity index (χ2n) is 6.21. The molecule has 2 heterocycles. The Morgan fingerprint density at radius 3 is 3.08 bits per heavy atom. The van der Waals surface area contributed by atoms with Crippen molar-refractivity contribution < 1.29 is 9.32 Å². The first kappa shape index (κ1) is 16.8. The van der Waals surface area contributed by atoms with Gasteiger partial charge < -0.3 is 14.7 Å². The molecule has 1 aliphatic rings. The van der Waals surface area contributed by atoms with Crippen molar-refractivity contribution in [3.8, 4) is 0 Å². The lowest BCUT2D eigenvalue weighted by Gasteiger charge is -2.23. The molecule has 3 rings (SSSR count). The molecule has 1 N–H and O–H groups in total. The van der Waals surface area contributed by atoms with Gasteiger partial charge in [-0.3, -0.25) is 0 Å². The number of carbonyl (C=O) groups is 1.